The molecule has 0 heterocycles. The van der Waals surface area contributed by atoms with E-state index in [9.17, 15) is 18.4 Å². The van der Waals surface area contributed by atoms with Crippen molar-refractivity contribution in [1.82, 2.24) is 0 Å². The summed E-state index contributed by atoms with van der Waals surface area (Å²) < 4.78 is 36.8. The topological polar surface area (TPSA) is 64.6 Å². The quantitative estimate of drug-likeness (QED) is 0.781. The first-order chi connectivity index (χ1) is 11.4. The van der Waals surface area contributed by atoms with Crippen LogP contribution in [0.15, 0.2) is 40.9 Å². The molecule has 2 rings (SSSR count). The molecule has 0 aliphatic heterocycles. The molecule has 0 spiro atoms. The first kappa shape index (κ1) is 17.9. The molecule has 0 aliphatic rings. The Morgan fingerprint density at radius 1 is 1.17 bits per heavy atom. The largest absolute Gasteiger partial charge is 0.497 e. The molecule has 2 aromatic carbocycles. The van der Waals surface area contributed by atoms with Crippen LogP contribution in [-0.2, 0) is 9.53 Å². The third kappa shape index (κ3) is 4.51. The molecule has 24 heavy (non-hydrogen) atoms. The fraction of sp³-hybridized carbons (Fsp3) is 0.125. The highest BCUT2D eigenvalue weighted by Crippen LogP contribution is 2.23. The molecule has 5 nitrogen and oxygen atoms in total. The van der Waals surface area contributed by atoms with Crippen molar-refractivity contribution < 1.29 is 27.8 Å². The maximum absolute atomic E-state index is 13.4. The molecular weight excluding hydrogens is 388 g/mol. The van der Waals surface area contributed by atoms with Gasteiger partial charge in [0, 0.05) is 10.5 Å². The number of carbonyl (C=O) groups excluding carboxylic acids is 2. The molecule has 0 unspecified atom stereocenters. The Balaban J connectivity index is 1.99. The molecule has 0 radical (unpaired) electrons. The van der Waals surface area contributed by atoms with Crippen molar-refractivity contribution in [3.63, 3.8) is 0 Å². The normalized spacial score (nSPS) is 10.2. The van der Waals surface area contributed by atoms with Crippen molar-refractivity contribution in [2.45, 2.75) is 0 Å². The van der Waals surface area contributed by atoms with Gasteiger partial charge < -0.3 is 14.8 Å². The van der Waals surface area contributed by atoms with Crippen molar-refractivity contribution >= 4 is 33.5 Å². The molecule has 0 saturated carbocycles. The fourth-order valence-electron chi connectivity index (χ4n) is 1.78. The number of anilines is 1. The van der Waals surface area contributed by atoms with Crippen LogP contribution in [0.4, 0.5) is 14.5 Å². The van der Waals surface area contributed by atoms with Crippen LogP contribution in [-0.4, -0.2) is 25.6 Å². The summed E-state index contributed by atoms with van der Waals surface area (Å²) in [5.74, 6) is -2.63. The number of methoxy groups -OCH3 is 1. The van der Waals surface area contributed by atoms with E-state index in [1.54, 1.807) is 12.1 Å². The van der Waals surface area contributed by atoms with E-state index in [0.29, 0.717) is 10.2 Å². The zero-order valence-corrected chi connectivity index (χ0v) is 14.0. The molecule has 1 N–H and O–H groups in total. The van der Waals surface area contributed by atoms with Crippen LogP contribution in [0, 0.1) is 11.6 Å². The number of benzene rings is 2. The maximum atomic E-state index is 13.4. The second-order valence-electron chi connectivity index (χ2n) is 4.59. The lowest BCUT2D eigenvalue weighted by molar-refractivity contribution is -0.119. The third-order valence-electron chi connectivity index (χ3n) is 2.93. The van der Waals surface area contributed by atoms with Gasteiger partial charge >= 0.3 is 5.97 Å². The minimum absolute atomic E-state index is 0.166. The van der Waals surface area contributed by atoms with E-state index < -0.39 is 30.1 Å². The van der Waals surface area contributed by atoms with Gasteiger partial charge in [-0.3, -0.25) is 4.79 Å². The van der Waals surface area contributed by atoms with E-state index in [1.807, 2.05) is 0 Å². The Morgan fingerprint density at radius 2 is 1.92 bits per heavy atom. The summed E-state index contributed by atoms with van der Waals surface area (Å²) in [6.45, 7) is -0.654. The monoisotopic (exact) mass is 399 g/mol. The second-order valence-corrected chi connectivity index (χ2v) is 5.45. The Kier molecular flexibility index (Phi) is 5.86. The average Bonchev–Trinajstić information content (AvgIpc) is 2.56. The van der Waals surface area contributed by atoms with Gasteiger partial charge in [-0.25, -0.2) is 13.6 Å². The molecule has 126 valence electrons. The summed E-state index contributed by atoms with van der Waals surface area (Å²) in [6, 6.07) is 7.30. The van der Waals surface area contributed by atoms with Gasteiger partial charge in [-0.15, -0.1) is 0 Å². The van der Waals surface area contributed by atoms with E-state index >= 15 is 0 Å². The zero-order chi connectivity index (χ0) is 17.7. The van der Waals surface area contributed by atoms with Crippen molar-refractivity contribution in [2.24, 2.45) is 0 Å². The van der Waals surface area contributed by atoms with Crippen LogP contribution in [0.3, 0.4) is 0 Å². The highest BCUT2D eigenvalue weighted by atomic mass is 79.9. The third-order valence-corrected chi connectivity index (χ3v) is 3.62. The van der Waals surface area contributed by atoms with Crippen LogP contribution in [0.2, 0.25) is 0 Å². The predicted octanol–water partition coefficient (Wildman–Crippen LogP) is 3.53. The van der Waals surface area contributed by atoms with Gasteiger partial charge in [-0.05, 0) is 46.3 Å². The zero-order valence-electron chi connectivity index (χ0n) is 12.4. The van der Waals surface area contributed by atoms with Crippen molar-refractivity contribution in [2.75, 3.05) is 19.0 Å². The minimum Gasteiger partial charge on any atom is -0.497 e. The fourth-order valence-corrected chi connectivity index (χ4v) is 2.18. The Bertz CT molecular complexity index is 783. The van der Waals surface area contributed by atoms with E-state index in [-0.39, 0.29) is 11.3 Å². The number of amides is 1. The number of rotatable bonds is 5. The van der Waals surface area contributed by atoms with Crippen LogP contribution in [0.5, 0.6) is 5.75 Å². The molecule has 0 aliphatic carbocycles. The van der Waals surface area contributed by atoms with Crippen molar-refractivity contribution in [3.05, 3.63) is 58.1 Å². The summed E-state index contributed by atoms with van der Waals surface area (Å²) in [6.07, 6.45) is 0. The number of halogens is 3. The van der Waals surface area contributed by atoms with Gasteiger partial charge in [0.1, 0.15) is 17.4 Å². The molecule has 0 aromatic heterocycles. The van der Waals surface area contributed by atoms with Crippen molar-refractivity contribution in [1.29, 1.82) is 0 Å². The summed E-state index contributed by atoms with van der Waals surface area (Å²) in [4.78, 5) is 23.7. The average molecular weight is 400 g/mol. The lowest BCUT2D eigenvalue weighted by atomic mass is 10.2. The lowest BCUT2D eigenvalue weighted by Gasteiger charge is -2.09. The first-order valence-corrected chi connectivity index (χ1v) is 7.45. The Morgan fingerprint density at radius 3 is 2.62 bits per heavy atom. The number of ether oxygens (including phenoxy) is 2. The molecular formula is C16H12BrF2NO4. The highest BCUT2D eigenvalue weighted by molar-refractivity contribution is 9.10. The standard InChI is InChI=1S/C16H12BrF2NO4/c1-23-10-3-4-12(17)11(7-10)16(22)24-8-15(21)20-14-6-9(18)2-5-13(14)19/h2-7H,8H2,1H3,(H,20,21). The minimum atomic E-state index is -0.799. The SMILES string of the molecule is COc1ccc(Br)c(C(=O)OCC(=O)Nc2cc(F)ccc2F)c1. The summed E-state index contributed by atoms with van der Waals surface area (Å²) in [7, 11) is 1.44. The van der Waals surface area contributed by atoms with Crippen LogP contribution in [0.25, 0.3) is 0 Å². The smallest absolute Gasteiger partial charge is 0.339 e. The van der Waals surface area contributed by atoms with Crippen LogP contribution < -0.4 is 10.1 Å². The molecule has 0 fully saturated rings. The van der Waals surface area contributed by atoms with Gasteiger partial charge in [0.2, 0.25) is 0 Å². The molecule has 1 amide bonds. The van der Waals surface area contributed by atoms with E-state index in [4.69, 9.17) is 9.47 Å². The summed E-state index contributed by atoms with van der Waals surface area (Å²) in [5.41, 5.74) is -0.169. The van der Waals surface area contributed by atoms with Gasteiger partial charge in [-0.2, -0.15) is 0 Å². The van der Waals surface area contributed by atoms with Gasteiger partial charge in [0.15, 0.2) is 6.61 Å². The van der Waals surface area contributed by atoms with E-state index in [0.717, 1.165) is 18.2 Å². The van der Waals surface area contributed by atoms with Gasteiger partial charge in [0.25, 0.3) is 5.91 Å². The second kappa shape index (κ2) is 7.87. The van der Waals surface area contributed by atoms with Crippen LogP contribution in [0.1, 0.15) is 10.4 Å². The molecule has 2 aromatic rings. The van der Waals surface area contributed by atoms with E-state index in [2.05, 4.69) is 21.2 Å². The first-order valence-electron chi connectivity index (χ1n) is 6.66. The van der Waals surface area contributed by atoms with E-state index in [1.165, 1.54) is 13.2 Å². The lowest BCUT2D eigenvalue weighted by Crippen LogP contribution is -2.21. The number of carbonyl (C=O) groups is 2. The highest BCUT2D eigenvalue weighted by Gasteiger charge is 2.15. The molecule has 0 atom stereocenters. The molecule has 0 bridgehead atoms. The van der Waals surface area contributed by atoms with Crippen LogP contribution >= 0.6 is 15.9 Å². The van der Waals surface area contributed by atoms with Gasteiger partial charge in [0.05, 0.1) is 18.4 Å². The van der Waals surface area contributed by atoms with Crippen molar-refractivity contribution in [3.8, 4) is 5.75 Å². The molecule has 8 heteroatoms. The Labute approximate surface area is 144 Å². The number of hydrogen-bond acceptors (Lipinski definition) is 4. The maximum Gasteiger partial charge on any atom is 0.339 e. The van der Waals surface area contributed by atoms with Gasteiger partial charge in [-0.1, -0.05) is 0 Å². The number of nitrogens with one attached hydrogen (secondary N) is 1. The number of esters is 1. The summed E-state index contributed by atoms with van der Waals surface area (Å²) in [5, 5.41) is 2.13. The Hall–Kier alpha value is -2.48. The molecule has 0 saturated heterocycles. The number of hydrogen-bond donors (Lipinski definition) is 1. The predicted molar refractivity (Wildman–Crippen MR) is 86.0 cm³/mol. The summed E-state index contributed by atoms with van der Waals surface area (Å²) >= 11 is 3.19.